The Labute approximate surface area is 167 Å². The maximum atomic E-state index is 11.8. The molecule has 1 N–H and O–H groups in total. The van der Waals surface area contributed by atoms with E-state index in [2.05, 4.69) is 35.9 Å². The van der Waals surface area contributed by atoms with Crippen LogP contribution in [0.5, 0.6) is 0 Å². The van der Waals surface area contributed by atoms with E-state index in [1.54, 1.807) is 12.1 Å². The lowest BCUT2D eigenvalue weighted by molar-refractivity contribution is 0.140. The largest absolute Gasteiger partial charge is 0.361 e. The second-order valence-electron chi connectivity index (χ2n) is 8.08. The van der Waals surface area contributed by atoms with Crippen molar-refractivity contribution < 1.29 is 8.42 Å². The highest BCUT2D eigenvalue weighted by atomic mass is 32.2. The van der Waals surface area contributed by atoms with Gasteiger partial charge in [0.15, 0.2) is 9.84 Å². The van der Waals surface area contributed by atoms with Gasteiger partial charge in [-0.05, 0) is 73.7 Å². The van der Waals surface area contributed by atoms with Crippen molar-refractivity contribution in [1.29, 1.82) is 0 Å². The molecule has 2 aromatic carbocycles. The molecule has 0 saturated carbocycles. The zero-order chi connectivity index (χ0) is 19.9. The quantitative estimate of drug-likeness (QED) is 0.681. The van der Waals surface area contributed by atoms with Crippen molar-refractivity contribution >= 4 is 20.7 Å². The topological polar surface area (TPSA) is 53.2 Å². The van der Waals surface area contributed by atoms with Crippen LogP contribution >= 0.6 is 0 Å². The Morgan fingerprint density at radius 1 is 1.07 bits per heavy atom. The minimum atomic E-state index is -3.16. The average molecular weight is 397 g/mol. The maximum absolute atomic E-state index is 11.8. The lowest BCUT2D eigenvalue weighted by Crippen LogP contribution is -2.33. The van der Waals surface area contributed by atoms with E-state index < -0.39 is 9.84 Å². The average Bonchev–Trinajstić information content (AvgIpc) is 3.15. The first-order valence-electron chi connectivity index (χ1n) is 9.95. The van der Waals surface area contributed by atoms with E-state index in [1.807, 2.05) is 18.3 Å². The first kappa shape index (κ1) is 19.2. The second-order valence-corrected chi connectivity index (χ2v) is 10.1. The minimum absolute atomic E-state index is 0.331. The summed E-state index contributed by atoms with van der Waals surface area (Å²) in [7, 11) is -3.16. The van der Waals surface area contributed by atoms with E-state index in [9.17, 15) is 8.42 Å². The van der Waals surface area contributed by atoms with Gasteiger partial charge in [0.1, 0.15) is 0 Å². The molecule has 0 amide bonds. The molecule has 1 atom stereocenters. The van der Waals surface area contributed by atoms with Gasteiger partial charge in [-0.15, -0.1) is 0 Å². The van der Waals surface area contributed by atoms with Crippen LogP contribution in [0.15, 0.2) is 47.5 Å². The summed E-state index contributed by atoms with van der Waals surface area (Å²) in [5.41, 5.74) is 6.45. The molecule has 1 aromatic heterocycles. The Kier molecular flexibility index (Phi) is 5.06. The second kappa shape index (κ2) is 7.37. The van der Waals surface area contributed by atoms with Crippen molar-refractivity contribution in [3.05, 3.63) is 64.8 Å². The predicted octanol–water partition coefficient (Wildman–Crippen LogP) is 4.92. The molecule has 148 valence electrons. The Morgan fingerprint density at radius 3 is 2.54 bits per heavy atom. The SMILES string of the molecule is Cc1cc(C)c2[nH]ccc2c1CN1CCCC[C@H]1c1ccc(S(C)(=O)=O)cc1. The molecule has 0 radical (unpaired) electrons. The number of likely N-dealkylation sites (tertiary alicyclic amines) is 1. The molecule has 4 nitrogen and oxygen atoms in total. The molecule has 1 saturated heterocycles. The molecule has 0 aliphatic carbocycles. The van der Waals surface area contributed by atoms with Gasteiger partial charge in [0, 0.05) is 35.9 Å². The molecule has 1 aliphatic rings. The molecule has 4 rings (SSSR count). The molecule has 0 unspecified atom stereocenters. The van der Waals surface area contributed by atoms with Crippen molar-refractivity contribution in [2.45, 2.75) is 50.6 Å². The van der Waals surface area contributed by atoms with Gasteiger partial charge < -0.3 is 4.98 Å². The highest BCUT2D eigenvalue weighted by Gasteiger charge is 2.25. The lowest BCUT2D eigenvalue weighted by Gasteiger charge is -2.36. The molecule has 1 fully saturated rings. The zero-order valence-electron chi connectivity index (χ0n) is 16.8. The Bertz CT molecular complexity index is 1100. The summed E-state index contributed by atoms with van der Waals surface area (Å²) in [6.45, 7) is 6.34. The van der Waals surface area contributed by atoms with E-state index >= 15 is 0 Å². The number of hydrogen-bond donors (Lipinski definition) is 1. The summed E-state index contributed by atoms with van der Waals surface area (Å²) in [5.74, 6) is 0. The van der Waals surface area contributed by atoms with Gasteiger partial charge in [0.2, 0.25) is 0 Å². The van der Waals surface area contributed by atoms with E-state index in [-0.39, 0.29) is 0 Å². The van der Waals surface area contributed by atoms with Gasteiger partial charge in [-0.1, -0.05) is 24.6 Å². The van der Waals surface area contributed by atoms with Crippen molar-refractivity contribution in [3.8, 4) is 0 Å². The van der Waals surface area contributed by atoms with Gasteiger partial charge in [0.05, 0.1) is 4.90 Å². The predicted molar refractivity (Wildman–Crippen MR) is 114 cm³/mol. The van der Waals surface area contributed by atoms with E-state index in [4.69, 9.17) is 0 Å². The van der Waals surface area contributed by atoms with Crippen LogP contribution in [0.4, 0.5) is 0 Å². The summed E-state index contributed by atoms with van der Waals surface area (Å²) >= 11 is 0. The Morgan fingerprint density at radius 2 is 1.82 bits per heavy atom. The van der Waals surface area contributed by atoms with E-state index in [0.717, 1.165) is 19.5 Å². The summed E-state index contributed by atoms with van der Waals surface area (Å²) in [6, 6.07) is 12.3. The van der Waals surface area contributed by atoms with Crippen LogP contribution in [-0.4, -0.2) is 31.1 Å². The van der Waals surface area contributed by atoms with Gasteiger partial charge in [-0.25, -0.2) is 8.42 Å². The molecule has 1 aliphatic heterocycles. The Balaban J connectivity index is 1.66. The summed E-state index contributed by atoms with van der Waals surface area (Å²) in [5, 5.41) is 1.31. The number of H-pyrrole nitrogens is 1. The van der Waals surface area contributed by atoms with Crippen molar-refractivity contribution in [2.75, 3.05) is 12.8 Å². The fourth-order valence-electron chi connectivity index (χ4n) is 4.55. The Hall–Kier alpha value is -2.11. The molecule has 2 heterocycles. The smallest absolute Gasteiger partial charge is 0.175 e. The van der Waals surface area contributed by atoms with Crippen LogP contribution in [0, 0.1) is 13.8 Å². The van der Waals surface area contributed by atoms with Gasteiger partial charge in [0.25, 0.3) is 0 Å². The molecule has 0 spiro atoms. The van der Waals surface area contributed by atoms with Crippen molar-refractivity contribution in [3.63, 3.8) is 0 Å². The highest BCUT2D eigenvalue weighted by Crippen LogP contribution is 2.35. The van der Waals surface area contributed by atoms with Gasteiger partial charge in [-0.3, -0.25) is 4.90 Å². The standard InChI is InChI=1S/C23H28N2O2S/c1-16-14-17(2)23-20(11-12-24-23)21(16)15-25-13-5-4-6-22(25)18-7-9-19(10-8-18)28(3,26)27/h7-12,14,22,24H,4-6,13,15H2,1-3H3/t22-/m0/s1. The number of nitrogens with one attached hydrogen (secondary N) is 1. The number of sulfone groups is 1. The number of aromatic amines is 1. The molecule has 3 aromatic rings. The molecule has 28 heavy (non-hydrogen) atoms. The third-order valence-electron chi connectivity index (χ3n) is 6.04. The summed E-state index contributed by atoms with van der Waals surface area (Å²) in [6.07, 6.45) is 6.81. The van der Waals surface area contributed by atoms with Crippen LogP contribution in [0.2, 0.25) is 0 Å². The zero-order valence-corrected chi connectivity index (χ0v) is 17.6. The molecule has 0 bridgehead atoms. The minimum Gasteiger partial charge on any atom is -0.361 e. The number of hydrogen-bond acceptors (Lipinski definition) is 3. The van der Waals surface area contributed by atoms with Crippen LogP contribution in [-0.2, 0) is 16.4 Å². The number of aromatic nitrogens is 1. The number of benzene rings is 2. The number of rotatable bonds is 4. The lowest BCUT2D eigenvalue weighted by atomic mass is 9.93. The molecular weight excluding hydrogens is 368 g/mol. The first-order chi connectivity index (χ1) is 13.3. The van der Waals surface area contributed by atoms with Crippen LogP contribution < -0.4 is 0 Å². The summed E-state index contributed by atoms with van der Waals surface area (Å²) < 4.78 is 23.6. The first-order valence-corrected chi connectivity index (χ1v) is 11.8. The van der Waals surface area contributed by atoms with Crippen LogP contribution in [0.3, 0.4) is 0 Å². The molecular formula is C23H28N2O2S. The van der Waals surface area contributed by atoms with E-state index in [0.29, 0.717) is 10.9 Å². The molecule has 5 heteroatoms. The number of piperidine rings is 1. The van der Waals surface area contributed by atoms with Crippen LogP contribution in [0.1, 0.15) is 47.6 Å². The third-order valence-corrected chi connectivity index (χ3v) is 7.17. The number of aryl methyl sites for hydroxylation is 2. The van der Waals surface area contributed by atoms with Crippen molar-refractivity contribution in [2.24, 2.45) is 0 Å². The van der Waals surface area contributed by atoms with Crippen molar-refractivity contribution in [1.82, 2.24) is 9.88 Å². The fraction of sp³-hybridized carbons (Fsp3) is 0.391. The summed E-state index contributed by atoms with van der Waals surface area (Å²) in [4.78, 5) is 6.33. The monoisotopic (exact) mass is 396 g/mol. The van der Waals surface area contributed by atoms with Gasteiger partial charge in [-0.2, -0.15) is 0 Å². The van der Waals surface area contributed by atoms with Gasteiger partial charge >= 0.3 is 0 Å². The van der Waals surface area contributed by atoms with E-state index in [1.165, 1.54) is 52.3 Å². The normalized spacial score (nSPS) is 18.6. The highest BCUT2D eigenvalue weighted by molar-refractivity contribution is 7.90. The maximum Gasteiger partial charge on any atom is 0.175 e. The fourth-order valence-corrected chi connectivity index (χ4v) is 5.18. The third kappa shape index (κ3) is 3.61. The number of fused-ring (bicyclic) bond motifs is 1. The van der Waals surface area contributed by atoms with Crippen LogP contribution in [0.25, 0.3) is 10.9 Å². The number of nitrogens with zero attached hydrogens (tertiary/aromatic N) is 1.